The first-order chi connectivity index (χ1) is 5.47. The van der Waals surface area contributed by atoms with Gasteiger partial charge in [-0.3, -0.25) is 0 Å². The van der Waals surface area contributed by atoms with Crippen LogP contribution < -0.4 is 10.6 Å². The molecule has 0 radical (unpaired) electrons. The summed E-state index contributed by atoms with van der Waals surface area (Å²) in [6.45, 7) is 3.36. The van der Waals surface area contributed by atoms with Crippen molar-refractivity contribution in [3.63, 3.8) is 0 Å². The summed E-state index contributed by atoms with van der Waals surface area (Å²) in [6, 6.07) is 0. The second-order valence-corrected chi connectivity index (χ2v) is 4.92. The summed E-state index contributed by atoms with van der Waals surface area (Å²) in [6.07, 6.45) is 4.31. The molecule has 0 aromatic rings. The number of allylic oxidation sites excluding steroid dienone is 2. The lowest BCUT2D eigenvalue weighted by atomic mass is 10.4. The van der Waals surface area contributed by atoms with E-state index >= 15 is 0 Å². The van der Waals surface area contributed by atoms with Crippen molar-refractivity contribution in [2.75, 3.05) is 19.6 Å². The Kier molecular flexibility index (Phi) is 2.31. The highest BCUT2D eigenvalue weighted by molar-refractivity contribution is 8.22. The van der Waals surface area contributed by atoms with E-state index in [-0.39, 0.29) is 10.9 Å². The highest BCUT2D eigenvalue weighted by Crippen LogP contribution is 2.36. The Morgan fingerprint density at radius 1 is 1.18 bits per heavy atom. The Hall–Kier alpha value is -0.250. The Labute approximate surface area is 70.1 Å². The molecular formula is C8H14N2S. The topological polar surface area (TPSA) is 24.1 Å². The molecule has 0 aromatic heterocycles. The molecule has 1 unspecified atom stereocenters. The van der Waals surface area contributed by atoms with Gasteiger partial charge in [0, 0.05) is 19.6 Å². The number of hydrogen-bond acceptors (Lipinski definition) is 2. The molecule has 2 rings (SSSR count). The average Bonchev–Trinajstić information content (AvgIpc) is 2.58. The normalized spacial score (nSPS) is 33.1. The minimum Gasteiger partial charge on any atom is -0.313 e. The molecule has 0 saturated carbocycles. The van der Waals surface area contributed by atoms with E-state index in [0.29, 0.717) is 5.37 Å². The lowest BCUT2D eigenvalue weighted by Crippen LogP contribution is -2.47. The van der Waals surface area contributed by atoms with Gasteiger partial charge in [0.05, 0.1) is 5.37 Å². The quantitative estimate of drug-likeness (QED) is 0.501. The number of rotatable bonds is 1. The molecule has 2 aliphatic heterocycles. The predicted octanol–water partition coefficient (Wildman–Crippen LogP) is 0.547. The van der Waals surface area contributed by atoms with Crippen LogP contribution in [0.4, 0.5) is 0 Å². The van der Waals surface area contributed by atoms with Crippen molar-refractivity contribution in [3.8, 4) is 0 Å². The van der Waals surface area contributed by atoms with Gasteiger partial charge in [-0.25, -0.2) is 0 Å². The van der Waals surface area contributed by atoms with Crippen LogP contribution in [0.3, 0.4) is 0 Å². The minimum atomic E-state index is 0.00200. The van der Waals surface area contributed by atoms with E-state index in [2.05, 4.69) is 33.6 Å². The Bertz CT molecular complexity index is 171. The maximum Gasteiger partial charge on any atom is 0.0545 e. The molecule has 0 aliphatic carbocycles. The summed E-state index contributed by atoms with van der Waals surface area (Å²) in [5.41, 5.74) is 0. The molecule has 1 fully saturated rings. The van der Waals surface area contributed by atoms with Gasteiger partial charge in [0.15, 0.2) is 0 Å². The van der Waals surface area contributed by atoms with E-state index in [1.165, 1.54) is 0 Å². The molecule has 2 nitrogen and oxygen atoms in total. The van der Waals surface area contributed by atoms with Gasteiger partial charge in [-0.1, -0.05) is 12.2 Å². The van der Waals surface area contributed by atoms with Crippen molar-refractivity contribution in [1.29, 1.82) is 0 Å². The van der Waals surface area contributed by atoms with Crippen LogP contribution in [0.5, 0.6) is 0 Å². The number of thiol groups is 1. The van der Waals surface area contributed by atoms with Crippen LogP contribution in [0.1, 0.15) is 0 Å². The lowest BCUT2D eigenvalue weighted by molar-refractivity contribution is 0.507. The first-order valence-corrected chi connectivity index (χ1v) is 5.58. The fourth-order valence-electron chi connectivity index (χ4n) is 1.40. The third kappa shape index (κ3) is 1.67. The van der Waals surface area contributed by atoms with Gasteiger partial charge in [0.1, 0.15) is 0 Å². The molecule has 2 aliphatic rings. The molecule has 2 N–H and O–H groups in total. The second-order valence-electron chi connectivity index (χ2n) is 2.80. The van der Waals surface area contributed by atoms with Crippen molar-refractivity contribution >= 4 is 10.9 Å². The molecule has 3 heteroatoms. The van der Waals surface area contributed by atoms with Crippen molar-refractivity contribution in [1.82, 2.24) is 10.6 Å². The summed E-state index contributed by atoms with van der Waals surface area (Å²) >= 11 is 0. The third-order valence-electron chi connectivity index (χ3n) is 2.01. The SMILES string of the molecule is C1=C[SH](C2CNCCN2)C=C1. The van der Waals surface area contributed by atoms with Gasteiger partial charge in [0.2, 0.25) is 0 Å². The first kappa shape index (κ1) is 7.40. The zero-order valence-corrected chi connectivity index (χ0v) is 7.35. The molecule has 0 amide bonds. The summed E-state index contributed by atoms with van der Waals surface area (Å²) in [7, 11) is 0.00200. The van der Waals surface area contributed by atoms with Gasteiger partial charge in [-0.05, 0) is 10.8 Å². The summed E-state index contributed by atoms with van der Waals surface area (Å²) in [4.78, 5) is 0. The van der Waals surface area contributed by atoms with Gasteiger partial charge >= 0.3 is 0 Å². The first-order valence-electron chi connectivity index (χ1n) is 4.03. The highest BCUT2D eigenvalue weighted by atomic mass is 32.2. The highest BCUT2D eigenvalue weighted by Gasteiger charge is 2.16. The molecule has 11 heavy (non-hydrogen) atoms. The third-order valence-corrected chi connectivity index (χ3v) is 4.12. The van der Waals surface area contributed by atoms with E-state index in [9.17, 15) is 0 Å². The zero-order valence-electron chi connectivity index (χ0n) is 6.46. The summed E-state index contributed by atoms with van der Waals surface area (Å²) in [5.74, 6) is 0. The summed E-state index contributed by atoms with van der Waals surface area (Å²) < 4.78 is 0. The van der Waals surface area contributed by atoms with Gasteiger partial charge in [-0.2, -0.15) is 10.9 Å². The fraction of sp³-hybridized carbons (Fsp3) is 0.500. The maximum atomic E-state index is 3.52. The number of nitrogens with one attached hydrogen (secondary N) is 2. The van der Waals surface area contributed by atoms with Gasteiger partial charge in [-0.15, -0.1) is 0 Å². The fourth-order valence-corrected chi connectivity index (χ4v) is 3.20. The molecule has 0 aromatic carbocycles. The van der Waals surface area contributed by atoms with Crippen molar-refractivity contribution < 1.29 is 0 Å². The summed E-state index contributed by atoms with van der Waals surface area (Å²) in [5, 5.41) is 12.2. The van der Waals surface area contributed by atoms with Crippen molar-refractivity contribution in [2.45, 2.75) is 5.37 Å². The van der Waals surface area contributed by atoms with E-state index in [1.54, 1.807) is 0 Å². The Morgan fingerprint density at radius 3 is 2.64 bits per heavy atom. The van der Waals surface area contributed by atoms with Crippen LogP contribution in [-0.4, -0.2) is 25.0 Å². The molecule has 0 bridgehead atoms. The van der Waals surface area contributed by atoms with E-state index in [0.717, 1.165) is 19.6 Å². The molecule has 0 spiro atoms. The van der Waals surface area contributed by atoms with Crippen LogP contribution in [-0.2, 0) is 0 Å². The van der Waals surface area contributed by atoms with Gasteiger partial charge in [0.25, 0.3) is 0 Å². The Morgan fingerprint density at radius 2 is 2.00 bits per heavy atom. The van der Waals surface area contributed by atoms with Crippen LogP contribution in [0.15, 0.2) is 23.0 Å². The standard InChI is InChI=1S/C8H14N2S/c1-2-6-11(5-1)8-7-9-3-4-10-8/h1-2,5-6,8-11H,3-4,7H2. The smallest absolute Gasteiger partial charge is 0.0545 e. The predicted molar refractivity (Wildman–Crippen MR) is 51.9 cm³/mol. The number of piperazine rings is 1. The van der Waals surface area contributed by atoms with Crippen molar-refractivity contribution in [2.24, 2.45) is 0 Å². The maximum absolute atomic E-state index is 3.52. The van der Waals surface area contributed by atoms with Crippen LogP contribution in [0, 0.1) is 0 Å². The average molecular weight is 170 g/mol. The second kappa shape index (κ2) is 3.43. The minimum absolute atomic E-state index is 0.00200. The zero-order chi connectivity index (χ0) is 7.52. The van der Waals surface area contributed by atoms with Gasteiger partial charge < -0.3 is 10.6 Å². The molecule has 62 valence electrons. The Balaban J connectivity index is 1.92. The largest absolute Gasteiger partial charge is 0.313 e. The van der Waals surface area contributed by atoms with E-state index in [1.807, 2.05) is 0 Å². The molecule has 2 heterocycles. The van der Waals surface area contributed by atoms with Crippen LogP contribution in [0.2, 0.25) is 0 Å². The molecule has 1 saturated heterocycles. The van der Waals surface area contributed by atoms with E-state index < -0.39 is 0 Å². The molecular weight excluding hydrogens is 156 g/mol. The van der Waals surface area contributed by atoms with E-state index in [4.69, 9.17) is 0 Å². The van der Waals surface area contributed by atoms with Crippen LogP contribution in [0.25, 0.3) is 0 Å². The monoisotopic (exact) mass is 170 g/mol. The lowest BCUT2D eigenvalue weighted by Gasteiger charge is -2.29. The van der Waals surface area contributed by atoms with Crippen molar-refractivity contribution in [3.05, 3.63) is 23.0 Å². The number of hydrogen-bond donors (Lipinski definition) is 3. The van der Waals surface area contributed by atoms with Crippen LogP contribution >= 0.6 is 10.9 Å². The molecule has 1 atom stereocenters.